The predicted molar refractivity (Wildman–Crippen MR) is 119 cm³/mol. The molecule has 1 aliphatic heterocycles. The molecule has 6 heteroatoms. The maximum absolute atomic E-state index is 12.8. The Kier molecular flexibility index (Phi) is 8.50. The molecule has 1 heterocycles. The lowest BCUT2D eigenvalue weighted by Crippen LogP contribution is -2.30. The smallest absolute Gasteiger partial charge is 0.253 e. The summed E-state index contributed by atoms with van der Waals surface area (Å²) in [5.41, 5.74) is 2.39. The Morgan fingerprint density at radius 2 is 1.90 bits per heavy atom. The number of nitrogens with zero attached hydrogens (tertiary/aromatic N) is 1. The third-order valence-electron chi connectivity index (χ3n) is 5.06. The summed E-state index contributed by atoms with van der Waals surface area (Å²) in [7, 11) is 1.61. The van der Waals surface area contributed by atoms with Gasteiger partial charge in [-0.05, 0) is 48.8 Å². The quantitative estimate of drug-likeness (QED) is 0.610. The summed E-state index contributed by atoms with van der Waals surface area (Å²) >= 11 is 0. The molecule has 1 aromatic carbocycles. The van der Waals surface area contributed by atoms with Gasteiger partial charge in [-0.2, -0.15) is 0 Å². The first-order valence-electron chi connectivity index (χ1n) is 10.7. The van der Waals surface area contributed by atoms with Crippen molar-refractivity contribution < 1.29 is 14.3 Å². The number of carbonyl (C=O) groups excluding carboxylic acids is 2. The van der Waals surface area contributed by atoms with Crippen LogP contribution in [0.15, 0.2) is 18.2 Å². The SMILES string of the molecule is COCCNC(=O)c1cc(NC(=O)C[C@@H](C)CC(C)(C)C)ccc1N1CCCC1. The van der Waals surface area contributed by atoms with Gasteiger partial charge in [-0.25, -0.2) is 0 Å². The molecule has 1 aromatic rings. The van der Waals surface area contributed by atoms with E-state index in [2.05, 4.69) is 43.2 Å². The Bertz CT molecular complexity index is 691. The minimum atomic E-state index is -0.138. The second-order valence-electron chi connectivity index (χ2n) is 9.30. The molecule has 1 fully saturated rings. The van der Waals surface area contributed by atoms with Gasteiger partial charge in [0.25, 0.3) is 5.91 Å². The van der Waals surface area contributed by atoms with Crippen LogP contribution in [0.2, 0.25) is 0 Å². The van der Waals surface area contributed by atoms with Gasteiger partial charge < -0.3 is 20.3 Å². The zero-order chi connectivity index (χ0) is 21.4. The molecule has 0 aromatic heterocycles. The Hall–Kier alpha value is -2.08. The minimum absolute atomic E-state index is 0.0126. The van der Waals surface area contributed by atoms with E-state index in [4.69, 9.17) is 4.74 Å². The molecule has 0 spiro atoms. The standard InChI is InChI=1S/C23H37N3O3/c1-17(16-23(2,3)4)14-21(27)25-18-8-9-20(26-11-6-7-12-26)19(15-18)22(28)24-10-13-29-5/h8-9,15,17H,6-7,10-14,16H2,1-5H3,(H,24,28)(H,25,27)/t17-/m1/s1. The second kappa shape index (κ2) is 10.6. The zero-order valence-corrected chi connectivity index (χ0v) is 18.6. The van der Waals surface area contributed by atoms with Crippen molar-refractivity contribution in [3.05, 3.63) is 23.8 Å². The summed E-state index contributed by atoms with van der Waals surface area (Å²) in [5, 5.41) is 5.88. The molecule has 1 saturated heterocycles. The summed E-state index contributed by atoms with van der Waals surface area (Å²) < 4.78 is 5.02. The van der Waals surface area contributed by atoms with Crippen molar-refractivity contribution in [1.82, 2.24) is 5.32 Å². The Labute approximate surface area is 175 Å². The molecule has 0 aliphatic carbocycles. The maximum Gasteiger partial charge on any atom is 0.253 e. The number of hydrogen-bond acceptors (Lipinski definition) is 4. The zero-order valence-electron chi connectivity index (χ0n) is 18.6. The highest BCUT2D eigenvalue weighted by Crippen LogP contribution is 2.29. The van der Waals surface area contributed by atoms with E-state index in [9.17, 15) is 9.59 Å². The van der Waals surface area contributed by atoms with E-state index in [0.717, 1.165) is 38.0 Å². The molecule has 0 unspecified atom stereocenters. The van der Waals surface area contributed by atoms with Crippen LogP contribution in [0.3, 0.4) is 0 Å². The van der Waals surface area contributed by atoms with E-state index < -0.39 is 0 Å². The van der Waals surface area contributed by atoms with Gasteiger partial charge in [-0.1, -0.05) is 27.7 Å². The number of nitrogens with one attached hydrogen (secondary N) is 2. The van der Waals surface area contributed by atoms with Crippen LogP contribution in [-0.4, -0.2) is 45.2 Å². The molecule has 2 N–H and O–H groups in total. The number of amides is 2. The summed E-state index contributed by atoms with van der Waals surface area (Å²) in [6, 6.07) is 5.64. The highest BCUT2D eigenvalue weighted by atomic mass is 16.5. The van der Waals surface area contributed by atoms with Crippen LogP contribution in [0.1, 0.15) is 63.7 Å². The lowest BCUT2D eigenvalue weighted by Gasteiger charge is -2.23. The van der Waals surface area contributed by atoms with Crippen LogP contribution >= 0.6 is 0 Å². The molecule has 162 valence electrons. The highest BCUT2D eigenvalue weighted by Gasteiger charge is 2.21. The van der Waals surface area contributed by atoms with E-state index in [1.807, 2.05) is 12.1 Å². The fourth-order valence-corrected chi connectivity index (χ4v) is 4.04. The molecule has 1 atom stereocenters. The van der Waals surface area contributed by atoms with Crippen molar-refractivity contribution in [2.24, 2.45) is 11.3 Å². The topological polar surface area (TPSA) is 70.7 Å². The molecular formula is C23H37N3O3. The van der Waals surface area contributed by atoms with Gasteiger partial charge in [-0.3, -0.25) is 9.59 Å². The molecule has 1 aliphatic rings. The van der Waals surface area contributed by atoms with Gasteiger partial charge in [0.15, 0.2) is 0 Å². The molecule has 6 nitrogen and oxygen atoms in total. The molecule has 2 amide bonds. The van der Waals surface area contributed by atoms with Crippen LogP contribution in [-0.2, 0) is 9.53 Å². The first kappa shape index (κ1) is 23.2. The highest BCUT2D eigenvalue weighted by molar-refractivity contribution is 6.02. The largest absolute Gasteiger partial charge is 0.383 e. The number of benzene rings is 1. The Balaban J connectivity index is 2.11. The van der Waals surface area contributed by atoms with Crippen LogP contribution in [0, 0.1) is 11.3 Å². The number of rotatable bonds is 9. The lowest BCUT2D eigenvalue weighted by atomic mass is 9.84. The lowest BCUT2D eigenvalue weighted by molar-refractivity contribution is -0.117. The fraction of sp³-hybridized carbons (Fsp3) is 0.652. The summed E-state index contributed by atoms with van der Waals surface area (Å²) in [4.78, 5) is 27.5. The fourth-order valence-electron chi connectivity index (χ4n) is 4.04. The van der Waals surface area contributed by atoms with Gasteiger partial charge in [-0.15, -0.1) is 0 Å². The van der Waals surface area contributed by atoms with E-state index in [1.54, 1.807) is 13.2 Å². The minimum Gasteiger partial charge on any atom is -0.383 e. The number of anilines is 2. The molecule has 2 rings (SSSR count). The summed E-state index contributed by atoms with van der Waals surface area (Å²) in [5.74, 6) is 0.151. The monoisotopic (exact) mass is 403 g/mol. The van der Waals surface area contributed by atoms with Crippen molar-refractivity contribution >= 4 is 23.2 Å². The Morgan fingerprint density at radius 1 is 1.21 bits per heavy atom. The van der Waals surface area contributed by atoms with Gasteiger partial charge in [0.2, 0.25) is 5.91 Å². The van der Waals surface area contributed by atoms with Crippen molar-refractivity contribution in [3.63, 3.8) is 0 Å². The van der Waals surface area contributed by atoms with Crippen molar-refractivity contribution in [1.29, 1.82) is 0 Å². The number of ether oxygens (including phenoxy) is 1. The van der Waals surface area contributed by atoms with Gasteiger partial charge >= 0.3 is 0 Å². The third-order valence-corrected chi connectivity index (χ3v) is 5.06. The maximum atomic E-state index is 12.8. The van der Waals surface area contributed by atoms with Crippen LogP contribution in [0.25, 0.3) is 0 Å². The summed E-state index contributed by atoms with van der Waals surface area (Å²) in [6.45, 7) is 11.5. The number of carbonyl (C=O) groups is 2. The van der Waals surface area contributed by atoms with Crippen molar-refractivity contribution in [2.75, 3.05) is 43.6 Å². The van der Waals surface area contributed by atoms with Crippen LogP contribution < -0.4 is 15.5 Å². The summed E-state index contributed by atoms with van der Waals surface area (Å²) in [6.07, 6.45) is 3.73. The normalized spacial score (nSPS) is 15.3. The average Bonchev–Trinajstić information content (AvgIpc) is 3.14. The Morgan fingerprint density at radius 3 is 2.52 bits per heavy atom. The van der Waals surface area contributed by atoms with Crippen LogP contribution in [0.4, 0.5) is 11.4 Å². The molecule has 0 saturated carbocycles. The van der Waals surface area contributed by atoms with Crippen molar-refractivity contribution in [2.45, 2.75) is 53.4 Å². The van der Waals surface area contributed by atoms with E-state index in [0.29, 0.717) is 36.7 Å². The first-order chi connectivity index (χ1) is 13.7. The van der Waals surface area contributed by atoms with Gasteiger partial charge in [0.05, 0.1) is 12.2 Å². The number of methoxy groups -OCH3 is 1. The molecule has 29 heavy (non-hydrogen) atoms. The van der Waals surface area contributed by atoms with E-state index >= 15 is 0 Å². The van der Waals surface area contributed by atoms with Gasteiger partial charge in [0, 0.05) is 44.5 Å². The second-order valence-corrected chi connectivity index (χ2v) is 9.30. The molecule has 0 radical (unpaired) electrons. The number of hydrogen-bond donors (Lipinski definition) is 2. The average molecular weight is 404 g/mol. The van der Waals surface area contributed by atoms with Crippen LogP contribution in [0.5, 0.6) is 0 Å². The third kappa shape index (κ3) is 7.69. The van der Waals surface area contributed by atoms with E-state index in [-0.39, 0.29) is 17.2 Å². The first-order valence-corrected chi connectivity index (χ1v) is 10.7. The molecule has 0 bridgehead atoms. The predicted octanol–water partition coefficient (Wildman–Crippen LogP) is 4.06. The van der Waals surface area contributed by atoms with E-state index in [1.165, 1.54) is 0 Å². The molecular weight excluding hydrogens is 366 g/mol. The van der Waals surface area contributed by atoms with Gasteiger partial charge in [0.1, 0.15) is 0 Å². The van der Waals surface area contributed by atoms with Crippen molar-refractivity contribution in [3.8, 4) is 0 Å².